The molecule has 0 aliphatic heterocycles. The third-order valence-corrected chi connectivity index (χ3v) is 2.17. The summed E-state index contributed by atoms with van der Waals surface area (Å²) < 4.78 is 5.23. The number of para-hydroxylation sites is 1. The third kappa shape index (κ3) is 2.06. The number of amidine groups is 1. The molecule has 1 heterocycles. The van der Waals surface area contributed by atoms with Crippen molar-refractivity contribution in [3.63, 3.8) is 0 Å². The molecule has 0 radical (unpaired) electrons. The first-order valence-corrected chi connectivity index (χ1v) is 4.50. The maximum absolute atomic E-state index is 7.34. The largest absolute Gasteiger partial charge is 0.496 e. The second-order valence-corrected chi connectivity index (χ2v) is 3.14. The van der Waals surface area contributed by atoms with Gasteiger partial charge in [-0.2, -0.15) is 0 Å². The number of nitrogens with zero attached hydrogens (tertiary/aromatic N) is 1. The van der Waals surface area contributed by atoms with Crippen molar-refractivity contribution in [2.24, 2.45) is 5.73 Å². The highest BCUT2D eigenvalue weighted by Crippen LogP contribution is 2.24. The van der Waals surface area contributed by atoms with Gasteiger partial charge in [0.25, 0.3) is 0 Å². The number of methoxy groups -OCH3 is 1. The Morgan fingerprint density at radius 1 is 1.38 bits per heavy atom. The van der Waals surface area contributed by atoms with Gasteiger partial charge in [0.2, 0.25) is 0 Å². The van der Waals surface area contributed by atoms with Crippen LogP contribution in [0.5, 0.6) is 5.75 Å². The SMILES string of the molecule is COc1cc(C(=N)N)nc2ccccc12.Cl. The predicted octanol–water partition coefficient (Wildman–Crippen LogP) is 1.95. The molecule has 1 aromatic carbocycles. The highest BCUT2D eigenvalue weighted by atomic mass is 35.5. The summed E-state index contributed by atoms with van der Waals surface area (Å²) in [7, 11) is 1.59. The lowest BCUT2D eigenvalue weighted by Crippen LogP contribution is -2.13. The third-order valence-electron chi connectivity index (χ3n) is 2.17. The summed E-state index contributed by atoms with van der Waals surface area (Å²) in [5.74, 6) is 0.629. The smallest absolute Gasteiger partial charge is 0.141 e. The molecule has 1 aromatic heterocycles. The number of halogens is 1. The molecule has 0 bridgehead atoms. The number of nitrogens with one attached hydrogen (secondary N) is 1. The van der Waals surface area contributed by atoms with Crippen molar-refractivity contribution in [1.82, 2.24) is 4.98 Å². The summed E-state index contributed by atoms with van der Waals surface area (Å²) in [6, 6.07) is 9.26. The Hall–Kier alpha value is -1.81. The Morgan fingerprint density at radius 2 is 2.06 bits per heavy atom. The van der Waals surface area contributed by atoms with Gasteiger partial charge < -0.3 is 10.5 Å². The van der Waals surface area contributed by atoms with Gasteiger partial charge in [0.1, 0.15) is 17.3 Å². The zero-order valence-electron chi connectivity index (χ0n) is 8.73. The Kier molecular flexibility index (Phi) is 3.68. The van der Waals surface area contributed by atoms with Gasteiger partial charge in [0.15, 0.2) is 0 Å². The minimum atomic E-state index is -0.0564. The lowest BCUT2D eigenvalue weighted by molar-refractivity contribution is 0.419. The van der Waals surface area contributed by atoms with E-state index in [4.69, 9.17) is 15.9 Å². The van der Waals surface area contributed by atoms with E-state index < -0.39 is 0 Å². The number of hydrogen-bond donors (Lipinski definition) is 2. The summed E-state index contributed by atoms with van der Waals surface area (Å²) in [5, 5.41) is 8.26. The molecule has 0 saturated heterocycles. The van der Waals surface area contributed by atoms with Crippen LogP contribution in [0.3, 0.4) is 0 Å². The molecule has 0 spiro atoms. The quantitative estimate of drug-likeness (QED) is 0.619. The highest BCUT2D eigenvalue weighted by Gasteiger charge is 2.06. The van der Waals surface area contributed by atoms with Gasteiger partial charge in [-0.25, -0.2) is 4.98 Å². The fraction of sp³-hybridized carbons (Fsp3) is 0.0909. The molecule has 2 rings (SSSR count). The number of nitrogen functional groups attached to an aromatic ring is 1. The van der Waals surface area contributed by atoms with Crippen molar-refractivity contribution in [3.05, 3.63) is 36.0 Å². The van der Waals surface area contributed by atoms with Gasteiger partial charge in [-0.05, 0) is 12.1 Å². The van der Waals surface area contributed by atoms with Crippen LogP contribution in [0.4, 0.5) is 0 Å². The molecule has 0 aliphatic carbocycles. The number of pyridine rings is 1. The standard InChI is InChI=1S/C11H11N3O.ClH/c1-15-10-6-9(11(12)13)14-8-5-3-2-4-7(8)10;/h2-6H,1H3,(H3,12,13);1H. The zero-order valence-corrected chi connectivity index (χ0v) is 9.54. The van der Waals surface area contributed by atoms with Crippen LogP contribution in [0, 0.1) is 5.41 Å². The number of aromatic nitrogens is 1. The minimum Gasteiger partial charge on any atom is -0.496 e. The summed E-state index contributed by atoms with van der Waals surface area (Å²) in [6.07, 6.45) is 0. The molecule has 5 heteroatoms. The van der Waals surface area contributed by atoms with E-state index in [9.17, 15) is 0 Å². The van der Waals surface area contributed by atoms with Crippen LogP contribution in [-0.4, -0.2) is 17.9 Å². The fourth-order valence-electron chi connectivity index (χ4n) is 1.45. The van der Waals surface area contributed by atoms with Crippen LogP contribution in [0.15, 0.2) is 30.3 Å². The first-order chi connectivity index (χ1) is 7.22. The van der Waals surface area contributed by atoms with E-state index in [1.54, 1.807) is 13.2 Å². The molecular weight excluding hydrogens is 226 g/mol. The van der Waals surface area contributed by atoms with Crippen molar-refractivity contribution in [2.45, 2.75) is 0 Å². The van der Waals surface area contributed by atoms with Gasteiger partial charge in [-0.3, -0.25) is 5.41 Å². The van der Waals surface area contributed by atoms with Crippen LogP contribution in [0.1, 0.15) is 5.69 Å². The number of benzene rings is 1. The number of fused-ring (bicyclic) bond motifs is 1. The zero-order chi connectivity index (χ0) is 10.8. The molecule has 4 nitrogen and oxygen atoms in total. The second kappa shape index (κ2) is 4.81. The van der Waals surface area contributed by atoms with Crippen molar-refractivity contribution in [1.29, 1.82) is 5.41 Å². The van der Waals surface area contributed by atoms with Crippen molar-refractivity contribution in [3.8, 4) is 5.75 Å². The normalized spacial score (nSPS) is 9.56. The van der Waals surface area contributed by atoms with Crippen LogP contribution >= 0.6 is 12.4 Å². The maximum Gasteiger partial charge on any atom is 0.141 e. The molecule has 0 fully saturated rings. The van der Waals surface area contributed by atoms with Crippen LogP contribution < -0.4 is 10.5 Å². The van der Waals surface area contributed by atoms with Crippen molar-refractivity contribution < 1.29 is 4.74 Å². The summed E-state index contributed by atoms with van der Waals surface area (Å²) in [5.41, 5.74) is 6.61. The number of rotatable bonds is 2. The summed E-state index contributed by atoms with van der Waals surface area (Å²) in [4.78, 5) is 4.25. The summed E-state index contributed by atoms with van der Waals surface area (Å²) >= 11 is 0. The van der Waals surface area contributed by atoms with E-state index in [2.05, 4.69) is 4.98 Å². The van der Waals surface area contributed by atoms with Gasteiger partial charge in [0, 0.05) is 11.5 Å². The molecule has 2 aromatic rings. The van der Waals surface area contributed by atoms with E-state index in [1.165, 1.54) is 0 Å². The molecule has 0 aliphatic rings. The Morgan fingerprint density at radius 3 is 2.69 bits per heavy atom. The molecule has 84 valence electrons. The average molecular weight is 238 g/mol. The monoisotopic (exact) mass is 237 g/mol. The van der Waals surface area contributed by atoms with Crippen LogP contribution in [-0.2, 0) is 0 Å². The van der Waals surface area contributed by atoms with E-state index in [-0.39, 0.29) is 18.2 Å². The molecule has 0 saturated carbocycles. The van der Waals surface area contributed by atoms with Crippen LogP contribution in [0.25, 0.3) is 10.9 Å². The van der Waals surface area contributed by atoms with Crippen LogP contribution in [0.2, 0.25) is 0 Å². The van der Waals surface area contributed by atoms with E-state index in [0.717, 1.165) is 10.9 Å². The minimum absolute atomic E-state index is 0. The number of nitrogens with two attached hydrogens (primary N) is 1. The van der Waals surface area contributed by atoms with Gasteiger partial charge in [0.05, 0.1) is 12.6 Å². The lowest BCUT2D eigenvalue weighted by Gasteiger charge is -2.07. The van der Waals surface area contributed by atoms with E-state index in [1.807, 2.05) is 24.3 Å². The van der Waals surface area contributed by atoms with Gasteiger partial charge in [-0.1, -0.05) is 12.1 Å². The highest BCUT2D eigenvalue weighted by molar-refractivity contribution is 5.97. The molecular formula is C11H12ClN3O. The average Bonchev–Trinajstić information content (AvgIpc) is 2.27. The first kappa shape index (κ1) is 12.3. The Bertz CT molecular complexity index is 528. The van der Waals surface area contributed by atoms with E-state index in [0.29, 0.717) is 11.4 Å². The maximum atomic E-state index is 7.34. The molecule has 0 atom stereocenters. The lowest BCUT2D eigenvalue weighted by atomic mass is 10.2. The van der Waals surface area contributed by atoms with Crippen molar-refractivity contribution >= 4 is 29.1 Å². The predicted molar refractivity (Wildman–Crippen MR) is 66.6 cm³/mol. The topological polar surface area (TPSA) is 72.0 Å². The van der Waals surface area contributed by atoms with Crippen molar-refractivity contribution in [2.75, 3.05) is 7.11 Å². The number of hydrogen-bond acceptors (Lipinski definition) is 3. The Balaban J connectivity index is 0.00000128. The van der Waals surface area contributed by atoms with Gasteiger partial charge >= 0.3 is 0 Å². The number of ether oxygens (including phenoxy) is 1. The molecule has 0 unspecified atom stereocenters. The molecule has 3 N–H and O–H groups in total. The first-order valence-electron chi connectivity index (χ1n) is 4.50. The fourth-order valence-corrected chi connectivity index (χ4v) is 1.45. The molecule has 0 amide bonds. The summed E-state index contributed by atoms with van der Waals surface area (Å²) in [6.45, 7) is 0. The van der Waals surface area contributed by atoms with E-state index >= 15 is 0 Å². The Labute approximate surface area is 99.4 Å². The van der Waals surface area contributed by atoms with Gasteiger partial charge in [-0.15, -0.1) is 12.4 Å². The molecule has 16 heavy (non-hydrogen) atoms. The second-order valence-electron chi connectivity index (χ2n) is 3.14.